The molecule has 2 N–H and O–H groups in total. The van der Waals surface area contributed by atoms with E-state index in [4.69, 9.17) is 5.73 Å². The Morgan fingerprint density at radius 2 is 2.46 bits per heavy atom. The molecule has 0 aliphatic heterocycles. The van der Waals surface area contributed by atoms with Crippen molar-refractivity contribution in [1.82, 2.24) is 20.0 Å². The molecule has 2 aromatic rings. The summed E-state index contributed by atoms with van der Waals surface area (Å²) in [5.74, 6) is 0.349. The van der Waals surface area contributed by atoms with E-state index in [1.54, 1.807) is 4.52 Å². The van der Waals surface area contributed by atoms with E-state index in [9.17, 15) is 0 Å². The Morgan fingerprint density at radius 1 is 1.62 bits per heavy atom. The Hall–Kier alpha value is -1.49. The van der Waals surface area contributed by atoms with Crippen molar-refractivity contribution in [3.8, 4) is 0 Å². The number of pyridine rings is 1. The molecule has 0 bridgehead atoms. The van der Waals surface area contributed by atoms with Crippen molar-refractivity contribution >= 4 is 5.65 Å². The molecule has 1 unspecified atom stereocenters. The summed E-state index contributed by atoms with van der Waals surface area (Å²) in [6.45, 7) is 2.72. The van der Waals surface area contributed by atoms with Gasteiger partial charge in [-0.05, 0) is 40.6 Å². The second-order valence-electron chi connectivity index (χ2n) is 3.08. The summed E-state index contributed by atoms with van der Waals surface area (Å²) in [7, 11) is 0. The van der Waals surface area contributed by atoms with Crippen LogP contribution in [0.3, 0.4) is 0 Å². The van der Waals surface area contributed by atoms with Gasteiger partial charge in [-0.25, -0.2) is 4.52 Å². The van der Waals surface area contributed by atoms with Gasteiger partial charge in [-0.15, -0.1) is 5.10 Å². The van der Waals surface area contributed by atoms with Crippen LogP contribution in [0.15, 0.2) is 18.3 Å². The van der Waals surface area contributed by atoms with Gasteiger partial charge >= 0.3 is 0 Å². The molecule has 1 atom stereocenters. The zero-order valence-corrected chi connectivity index (χ0v) is 7.38. The van der Waals surface area contributed by atoms with Crippen molar-refractivity contribution in [1.29, 1.82) is 0 Å². The first-order chi connectivity index (χ1) is 6.31. The minimum atomic E-state index is 0.349. The van der Waals surface area contributed by atoms with Gasteiger partial charge in [0.2, 0.25) is 0 Å². The van der Waals surface area contributed by atoms with E-state index in [2.05, 4.69) is 22.4 Å². The molecule has 0 radical (unpaired) electrons. The largest absolute Gasteiger partial charge is 0.330 e. The quantitative estimate of drug-likeness (QED) is 0.710. The second kappa shape index (κ2) is 3.10. The first-order valence-electron chi connectivity index (χ1n) is 4.19. The van der Waals surface area contributed by atoms with Crippen molar-refractivity contribution in [3.63, 3.8) is 0 Å². The van der Waals surface area contributed by atoms with Crippen LogP contribution in [-0.4, -0.2) is 26.6 Å². The van der Waals surface area contributed by atoms with Crippen LogP contribution in [0.4, 0.5) is 0 Å². The summed E-state index contributed by atoms with van der Waals surface area (Å²) >= 11 is 0. The normalized spacial score (nSPS) is 13.4. The molecule has 68 valence electrons. The Bertz CT molecular complexity index is 408. The summed E-state index contributed by atoms with van der Waals surface area (Å²) in [5, 5.41) is 11.2. The lowest BCUT2D eigenvalue weighted by atomic mass is 10.0. The van der Waals surface area contributed by atoms with Gasteiger partial charge in [0.25, 0.3) is 0 Å². The maximum Gasteiger partial charge on any atom is 0.179 e. The predicted octanol–water partition coefficient (Wildman–Crippen LogP) is 0.186. The number of nitrogens with two attached hydrogens (primary N) is 1. The fourth-order valence-electron chi connectivity index (χ4n) is 1.20. The maximum absolute atomic E-state index is 5.56. The van der Waals surface area contributed by atoms with Gasteiger partial charge in [-0.2, -0.15) is 0 Å². The molecule has 5 heteroatoms. The summed E-state index contributed by atoms with van der Waals surface area (Å²) in [4.78, 5) is 0. The van der Waals surface area contributed by atoms with Gasteiger partial charge in [-0.3, -0.25) is 0 Å². The molecule has 13 heavy (non-hydrogen) atoms. The average Bonchev–Trinajstić information content (AvgIpc) is 2.63. The highest BCUT2D eigenvalue weighted by atomic mass is 15.5. The molecule has 0 aliphatic carbocycles. The molecule has 0 saturated heterocycles. The van der Waals surface area contributed by atoms with E-state index in [0.717, 1.165) is 5.65 Å². The monoisotopic (exact) mass is 177 g/mol. The van der Waals surface area contributed by atoms with Crippen LogP contribution in [-0.2, 0) is 0 Å². The van der Waals surface area contributed by atoms with Gasteiger partial charge in [0.15, 0.2) is 5.65 Å². The Morgan fingerprint density at radius 3 is 3.23 bits per heavy atom. The Kier molecular flexibility index (Phi) is 1.94. The molecule has 2 aromatic heterocycles. The molecule has 0 aromatic carbocycles. The highest BCUT2D eigenvalue weighted by Crippen LogP contribution is 2.13. The SMILES string of the molecule is CC(CN)c1ccn2nnnc2c1. The van der Waals surface area contributed by atoms with Crippen LogP contribution in [0.5, 0.6) is 0 Å². The van der Waals surface area contributed by atoms with Crippen LogP contribution in [0.25, 0.3) is 5.65 Å². The van der Waals surface area contributed by atoms with E-state index < -0.39 is 0 Å². The molecule has 2 heterocycles. The molecular weight excluding hydrogens is 166 g/mol. The predicted molar refractivity (Wildman–Crippen MR) is 48.3 cm³/mol. The van der Waals surface area contributed by atoms with Crippen molar-refractivity contribution in [2.75, 3.05) is 6.54 Å². The van der Waals surface area contributed by atoms with Crippen molar-refractivity contribution in [3.05, 3.63) is 23.9 Å². The lowest BCUT2D eigenvalue weighted by Gasteiger charge is -2.07. The fraction of sp³-hybridized carbons (Fsp3) is 0.375. The zero-order valence-electron chi connectivity index (χ0n) is 7.38. The van der Waals surface area contributed by atoms with Gasteiger partial charge in [-0.1, -0.05) is 6.92 Å². The number of rotatable bonds is 2. The minimum absolute atomic E-state index is 0.349. The number of fused-ring (bicyclic) bond motifs is 1. The molecular formula is C8H11N5. The first-order valence-corrected chi connectivity index (χ1v) is 4.19. The van der Waals surface area contributed by atoms with Crippen LogP contribution >= 0.6 is 0 Å². The van der Waals surface area contributed by atoms with Crippen LogP contribution in [0.2, 0.25) is 0 Å². The van der Waals surface area contributed by atoms with Gasteiger partial charge in [0.1, 0.15) is 0 Å². The Balaban J connectivity index is 2.48. The van der Waals surface area contributed by atoms with E-state index in [0.29, 0.717) is 12.5 Å². The number of tetrazole rings is 1. The van der Waals surface area contributed by atoms with Crippen molar-refractivity contribution in [2.45, 2.75) is 12.8 Å². The van der Waals surface area contributed by atoms with Gasteiger partial charge in [0.05, 0.1) is 0 Å². The van der Waals surface area contributed by atoms with Crippen molar-refractivity contribution < 1.29 is 0 Å². The third-order valence-electron chi connectivity index (χ3n) is 2.14. The highest BCUT2D eigenvalue weighted by molar-refractivity contribution is 5.39. The van der Waals surface area contributed by atoms with E-state index in [1.165, 1.54) is 5.56 Å². The van der Waals surface area contributed by atoms with Crippen LogP contribution < -0.4 is 5.73 Å². The molecule has 0 saturated carbocycles. The minimum Gasteiger partial charge on any atom is -0.330 e. The van der Waals surface area contributed by atoms with Crippen LogP contribution in [0.1, 0.15) is 18.4 Å². The topological polar surface area (TPSA) is 69.1 Å². The Labute approximate surface area is 75.5 Å². The molecule has 0 amide bonds. The maximum atomic E-state index is 5.56. The van der Waals surface area contributed by atoms with E-state index in [1.807, 2.05) is 18.3 Å². The molecule has 5 nitrogen and oxygen atoms in total. The van der Waals surface area contributed by atoms with E-state index in [-0.39, 0.29) is 0 Å². The number of hydrogen-bond donors (Lipinski definition) is 1. The van der Waals surface area contributed by atoms with Crippen LogP contribution in [0, 0.1) is 0 Å². The number of nitrogens with zero attached hydrogens (tertiary/aromatic N) is 4. The zero-order chi connectivity index (χ0) is 9.26. The van der Waals surface area contributed by atoms with Crippen molar-refractivity contribution in [2.24, 2.45) is 5.73 Å². The summed E-state index contributed by atoms with van der Waals surface area (Å²) in [5.41, 5.74) is 7.50. The second-order valence-corrected chi connectivity index (χ2v) is 3.08. The number of hydrogen-bond acceptors (Lipinski definition) is 4. The third kappa shape index (κ3) is 1.38. The molecule has 0 aliphatic rings. The molecule has 0 spiro atoms. The van der Waals surface area contributed by atoms with Gasteiger partial charge < -0.3 is 5.73 Å². The fourth-order valence-corrected chi connectivity index (χ4v) is 1.20. The van der Waals surface area contributed by atoms with E-state index >= 15 is 0 Å². The summed E-state index contributed by atoms with van der Waals surface area (Å²) in [6, 6.07) is 3.94. The average molecular weight is 177 g/mol. The lowest BCUT2D eigenvalue weighted by molar-refractivity contribution is 0.768. The lowest BCUT2D eigenvalue weighted by Crippen LogP contribution is -2.09. The summed E-state index contributed by atoms with van der Waals surface area (Å²) < 4.78 is 1.63. The molecule has 2 rings (SSSR count). The standard InChI is InChI=1S/C8H11N5/c1-6(5-9)7-2-3-13-8(4-7)10-11-12-13/h2-4,6H,5,9H2,1H3. The summed E-state index contributed by atoms with van der Waals surface area (Å²) in [6.07, 6.45) is 1.84. The smallest absolute Gasteiger partial charge is 0.179 e. The molecule has 0 fully saturated rings. The number of aromatic nitrogens is 4. The third-order valence-corrected chi connectivity index (χ3v) is 2.14. The highest BCUT2D eigenvalue weighted by Gasteiger charge is 2.04. The van der Waals surface area contributed by atoms with Gasteiger partial charge in [0, 0.05) is 6.20 Å². The first kappa shape index (κ1) is 8.12.